The van der Waals surface area contributed by atoms with Crippen LogP contribution in [0, 0.1) is 5.82 Å². The highest BCUT2D eigenvalue weighted by molar-refractivity contribution is 7.90. The predicted octanol–water partition coefficient (Wildman–Crippen LogP) is 2.39. The van der Waals surface area contributed by atoms with Crippen LogP contribution < -0.4 is 10.2 Å². The Kier molecular flexibility index (Phi) is 5.13. The third-order valence-electron chi connectivity index (χ3n) is 5.11. The third-order valence-corrected chi connectivity index (χ3v) is 6.22. The first-order chi connectivity index (χ1) is 14.6. The minimum Gasteiger partial charge on any atom is -0.507 e. The molecule has 9 nitrogen and oxygen atoms in total. The highest BCUT2D eigenvalue weighted by Crippen LogP contribution is 2.35. The van der Waals surface area contributed by atoms with Gasteiger partial charge in [0.05, 0.1) is 22.0 Å². The lowest BCUT2D eigenvalue weighted by Gasteiger charge is -2.20. The number of fused-ring (bicyclic) bond motifs is 1. The Morgan fingerprint density at radius 2 is 2.03 bits per heavy atom. The number of anilines is 1. The number of carboxylic acid groups (broad SMARTS) is 1. The number of hydrogen-bond donors (Lipinski definition) is 3. The van der Waals surface area contributed by atoms with Crippen molar-refractivity contribution in [2.24, 2.45) is 0 Å². The van der Waals surface area contributed by atoms with Crippen LogP contribution in [-0.4, -0.2) is 60.1 Å². The fraction of sp³-hybridized carbons (Fsp3) is 0.250. The highest BCUT2D eigenvalue weighted by Gasteiger charge is 2.28. The van der Waals surface area contributed by atoms with Gasteiger partial charge in [-0.1, -0.05) is 6.07 Å². The Morgan fingerprint density at radius 3 is 2.71 bits per heavy atom. The van der Waals surface area contributed by atoms with Gasteiger partial charge in [0, 0.05) is 24.7 Å². The number of rotatable bonds is 4. The van der Waals surface area contributed by atoms with Crippen molar-refractivity contribution in [1.29, 1.82) is 0 Å². The van der Waals surface area contributed by atoms with Gasteiger partial charge in [-0.15, -0.1) is 0 Å². The molecule has 0 aliphatic carbocycles. The van der Waals surface area contributed by atoms with E-state index in [1.54, 1.807) is 6.07 Å². The largest absolute Gasteiger partial charge is 0.507 e. The Labute approximate surface area is 177 Å². The molecule has 4 rings (SSSR count). The fourth-order valence-electron chi connectivity index (χ4n) is 3.66. The molecule has 3 N–H and O–H groups in total. The van der Waals surface area contributed by atoms with Gasteiger partial charge in [-0.2, -0.15) is 0 Å². The number of amides is 1. The number of halogens is 1. The van der Waals surface area contributed by atoms with E-state index < -0.39 is 21.7 Å². The van der Waals surface area contributed by atoms with Crippen LogP contribution in [-0.2, 0) is 9.84 Å². The van der Waals surface area contributed by atoms with Crippen LogP contribution in [0.3, 0.4) is 0 Å². The molecule has 2 heterocycles. The molecule has 1 unspecified atom stereocenters. The number of aromatic nitrogens is 2. The number of nitrogens with zero attached hydrogens (tertiary/aromatic N) is 3. The molecule has 31 heavy (non-hydrogen) atoms. The van der Waals surface area contributed by atoms with Gasteiger partial charge in [0.2, 0.25) is 0 Å². The highest BCUT2D eigenvalue weighted by atomic mass is 32.2. The van der Waals surface area contributed by atoms with Crippen LogP contribution in [0.2, 0.25) is 0 Å². The molecule has 1 saturated heterocycles. The first kappa shape index (κ1) is 20.8. The first-order valence-corrected chi connectivity index (χ1v) is 11.3. The summed E-state index contributed by atoms with van der Waals surface area (Å²) in [4.78, 5) is 21.6. The molecular formula is C20H19FN4O5S. The van der Waals surface area contributed by atoms with Crippen molar-refractivity contribution in [3.05, 3.63) is 42.2 Å². The average Bonchev–Trinajstić information content (AvgIpc) is 3.13. The number of benzene rings is 2. The van der Waals surface area contributed by atoms with Crippen molar-refractivity contribution in [3.63, 3.8) is 0 Å². The number of phenols is 1. The van der Waals surface area contributed by atoms with Crippen LogP contribution >= 0.6 is 0 Å². The summed E-state index contributed by atoms with van der Waals surface area (Å²) in [6, 6.07) is 7.89. The molecule has 3 aromatic rings. The summed E-state index contributed by atoms with van der Waals surface area (Å²) in [7, 11) is -3.51. The monoisotopic (exact) mass is 446 g/mol. The maximum absolute atomic E-state index is 14.5. The quantitative estimate of drug-likeness (QED) is 0.556. The molecule has 162 valence electrons. The molecule has 0 bridgehead atoms. The van der Waals surface area contributed by atoms with Crippen molar-refractivity contribution in [2.45, 2.75) is 17.4 Å². The number of hydrogen-bond acceptors (Lipinski definition) is 7. The zero-order chi connectivity index (χ0) is 22.3. The van der Waals surface area contributed by atoms with Crippen LogP contribution in [0.15, 0.2) is 41.3 Å². The number of nitrogens with one attached hydrogen (secondary N) is 1. The lowest BCUT2D eigenvalue weighted by atomic mass is 10.1. The molecule has 1 aliphatic rings. The average molecular weight is 446 g/mol. The number of sulfone groups is 1. The molecule has 11 heteroatoms. The fourth-order valence-corrected chi connectivity index (χ4v) is 4.30. The smallest absolute Gasteiger partial charge is 0.404 e. The molecule has 1 atom stereocenters. The zero-order valence-corrected chi connectivity index (χ0v) is 17.2. The summed E-state index contributed by atoms with van der Waals surface area (Å²) in [6.07, 6.45) is 0.483. The second-order valence-corrected chi connectivity index (χ2v) is 9.35. The molecular weight excluding hydrogens is 427 g/mol. The van der Waals surface area contributed by atoms with E-state index in [4.69, 9.17) is 5.11 Å². The van der Waals surface area contributed by atoms with E-state index in [1.165, 1.54) is 24.3 Å². The second kappa shape index (κ2) is 7.65. The lowest BCUT2D eigenvalue weighted by Crippen LogP contribution is -2.36. The van der Waals surface area contributed by atoms with Crippen LogP contribution in [0.25, 0.3) is 22.3 Å². The summed E-state index contributed by atoms with van der Waals surface area (Å²) >= 11 is 0. The Hall–Kier alpha value is -3.47. The minimum atomic E-state index is -3.51. The summed E-state index contributed by atoms with van der Waals surface area (Å²) < 4.78 is 38.5. The first-order valence-electron chi connectivity index (χ1n) is 9.37. The van der Waals surface area contributed by atoms with Gasteiger partial charge in [-0.25, -0.2) is 27.6 Å². The van der Waals surface area contributed by atoms with E-state index in [-0.39, 0.29) is 33.6 Å². The maximum atomic E-state index is 14.5. The van der Waals surface area contributed by atoms with Crippen LogP contribution in [0.5, 0.6) is 5.75 Å². The third kappa shape index (κ3) is 4.08. The molecule has 1 aromatic heterocycles. The van der Waals surface area contributed by atoms with Crippen molar-refractivity contribution >= 4 is 32.7 Å². The molecule has 0 saturated carbocycles. The van der Waals surface area contributed by atoms with Crippen molar-refractivity contribution in [3.8, 4) is 17.1 Å². The van der Waals surface area contributed by atoms with E-state index in [9.17, 15) is 22.7 Å². The van der Waals surface area contributed by atoms with E-state index in [2.05, 4.69) is 15.3 Å². The van der Waals surface area contributed by atoms with Gasteiger partial charge in [0.1, 0.15) is 17.4 Å². The van der Waals surface area contributed by atoms with Crippen molar-refractivity contribution in [2.75, 3.05) is 24.2 Å². The zero-order valence-electron chi connectivity index (χ0n) is 16.4. The van der Waals surface area contributed by atoms with Gasteiger partial charge in [0.25, 0.3) is 0 Å². The maximum Gasteiger partial charge on any atom is 0.404 e. The predicted molar refractivity (Wildman–Crippen MR) is 111 cm³/mol. The second-order valence-electron chi connectivity index (χ2n) is 7.34. The molecule has 1 amide bonds. The number of phenolic OH excluding ortho intramolecular Hbond substituents is 1. The van der Waals surface area contributed by atoms with E-state index >= 15 is 0 Å². The normalized spacial score (nSPS) is 16.6. The van der Waals surface area contributed by atoms with Gasteiger partial charge >= 0.3 is 6.09 Å². The van der Waals surface area contributed by atoms with Gasteiger partial charge in [-0.05, 0) is 36.8 Å². The summed E-state index contributed by atoms with van der Waals surface area (Å²) in [5, 5.41) is 22.1. The van der Waals surface area contributed by atoms with E-state index in [0.29, 0.717) is 30.7 Å². The molecule has 2 aromatic carbocycles. The summed E-state index contributed by atoms with van der Waals surface area (Å²) in [6.45, 7) is 0.808. The standard InChI is InChI=1S/C20H19FN4O5S/c1-31(29,30)12-5-6-13-15(9-12)23-18(17-14(21)3-2-4-16(17)26)24-19(13)25-8-7-11(10-25)22-20(27)28/h2-6,9,11,22,26H,7-8,10H2,1H3,(H,27,28). The molecule has 0 radical (unpaired) electrons. The Bertz CT molecular complexity index is 1280. The van der Waals surface area contributed by atoms with Gasteiger partial charge in [-0.3, -0.25) is 0 Å². The molecule has 1 fully saturated rings. The number of aromatic hydroxyl groups is 1. The van der Waals surface area contributed by atoms with Crippen molar-refractivity contribution in [1.82, 2.24) is 15.3 Å². The number of carbonyl (C=O) groups is 1. The minimum absolute atomic E-state index is 0.0418. The summed E-state index contributed by atoms with van der Waals surface area (Å²) in [5.74, 6) is -0.774. The lowest BCUT2D eigenvalue weighted by molar-refractivity contribution is 0.191. The SMILES string of the molecule is CS(=O)(=O)c1ccc2c(N3CCC(NC(=O)O)C3)nc(-c3c(O)cccc3F)nc2c1. The topological polar surface area (TPSA) is 133 Å². The summed E-state index contributed by atoms with van der Waals surface area (Å²) in [5.41, 5.74) is 0.0649. The Morgan fingerprint density at radius 1 is 1.26 bits per heavy atom. The van der Waals surface area contributed by atoms with Crippen molar-refractivity contribution < 1.29 is 27.8 Å². The van der Waals surface area contributed by atoms with Gasteiger partial charge in [0.15, 0.2) is 15.7 Å². The van der Waals surface area contributed by atoms with E-state index in [0.717, 1.165) is 12.3 Å². The molecule has 1 aliphatic heterocycles. The Balaban J connectivity index is 1.91. The van der Waals surface area contributed by atoms with Crippen LogP contribution in [0.4, 0.5) is 15.0 Å². The van der Waals surface area contributed by atoms with Crippen LogP contribution in [0.1, 0.15) is 6.42 Å². The van der Waals surface area contributed by atoms with E-state index in [1.807, 2.05) is 4.90 Å². The van der Waals surface area contributed by atoms with Gasteiger partial charge < -0.3 is 20.4 Å². The molecule has 0 spiro atoms.